The minimum absolute atomic E-state index is 0.182. The molecule has 1 heterocycles. The fraction of sp³-hybridized carbons (Fsp3) is 0.300. The molecule has 0 amide bonds. The molecule has 0 bridgehead atoms. The molecule has 0 saturated heterocycles. The third-order valence-electron chi connectivity index (χ3n) is 4.21. The highest BCUT2D eigenvalue weighted by atomic mass is 16.7. The van der Waals surface area contributed by atoms with Crippen molar-refractivity contribution in [1.29, 1.82) is 5.26 Å². The lowest BCUT2D eigenvalue weighted by molar-refractivity contribution is -0.146. The molecule has 3 rings (SSSR count). The summed E-state index contributed by atoms with van der Waals surface area (Å²) in [7, 11) is 0. The van der Waals surface area contributed by atoms with Crippen LogP contribution in [0.4, 0.5) is 0 Å². The SMILES string of the molecule is CCOC(=O)[C@H](C#N)[C@@H](Cc1ccccc1)c1ccc2c(c1)OCO2. The summed E-state index contributed by atoms with van der Waals surface area (Å²) >= 11 is 0. The van der Waals surface area contributed by atoms with E-state index in [9.17, 15) is 10.1 Å². The lowest BCUT2D eigenvalue weighted by Crippen LogP contribution is -2.25. The molecular formula is C20H19NO4. The van der Waals surface area contributed by atoms with Crippen molar-refractivity contribution in [1.82, 2.24) is 0 Å². The average Bonchev–Trinajstić information content (AvgIpc) is 3.10. The molecule has 1 aliphatic rings. The number of carbonyl (C=O) groups is 1. The van der Waals surface area contributed by atoms with Crippen LogP contribution in [-0.4, -0.2) is 19.4 Å². The molecule has 0 N–H and O–H groups in total. The second kappa shape index (κ2) is 7.71. The van der Waals surface area contributed by atoms with Crippen molar-refractivity contribution in [2.45, 2.75) is 19.3 Å². The summed E-state index contributed by atoms with van der Waals surface area (Å²) < 4.78 is 15.9. The van der Waals surface area contributed by atoms with Crippen LogP contribution in [0.15, 0.2) is 48.5 Å². The van der Waals surface area contributed by atoms with E-state index in [1.807, 2.05) is 48.5 Å². The zero-order valence-electron chi connectivity index (χ0n) is 14.0. The highest BCUT2D eigenvalue weighted by molar-refractivity contribution is 5.76. The minimum atomic E-state index is -0.888. The van der Waals surface area contributed by atoms with Crippen LogP contribution in [0.25, 0.3) is 0 Å². The number of benzene rings is 2. The molecule has 5 nitrogen and oxygen atoms in total. The summed E-state index contributed by atoms with van der Waals surface area (Å²) in [6.07, 6.45) is 0.553. The summed E-state index contributed by atoms with van der Waals surface area (Å²) in [4.78, 5) is 12.3. The highest BCUT2D eigenvalue weighted by Crippen LogP contribution is 2.38. The number of nitrogens with zero attached hydrogens (tertiary/aromatic N) is 1. The number of esters is 1. The molecule has 5 heteroatoms. The van der Waals surface area contributed by atoms with E-state index in [1.165, 1.54) is 0 Å². The van der Waals surface area contributed by atoms with Gasteiger partial charge in [-0.25, -0.2) is 0 Å². The molecular weight excluding hydrogens is 318 g/mol. The molecule has 0 spiro atoms. The van der Waals surface area contributed by atoms with Gasteiger partial charge in [-0.3, -0.25) is 4.79 Å². The zero-order valence-corrected chi connectivity index (χ0v) is 14.0. The van der Waals surface area contributed by atoms with Crippen LogP contribution in [-0.2, 0) is 16.0 Å². The maximum absolute atomic E-state index is 12.3. The van der Waals surface area contributed by atoms with Crippen molar-refractivity contribution < 1.29 is 19.0 Å². The van der Waals surface area contributed by atoms with Crippen molar-refractivity contribution in [3.05, 3.63) is 59.7 Å². The minimum Gasteiger partial charge on any atom is -0.465 e. The number of fused-ring (bicyclic) bond motifs is 1. The Kier molecular flexibility index (Phi) is 5.20. The molecule has 0 fully saturated rings. The Hall–Kier alpha value is -3.00. The number of ether oxygens (including phenoxy) is 3. The Balaban J connectivity index is 1.96. The van der Waals surface area contributed by atoms with E-state index in [4.69, 9.17) is 14.2 Å². The summed E-state index contributed by atoms with van der Waals surface area (Å²) in [5.41, 5.74) is 1.91. The Morgan fingerprint density at radius 2 is 1.96 bits per heavy atom. The molecule has 2 aromatic carbocycles. The van der Waals surface area contributed by atoms with E-state index in [0.717, 1.165) is 11.1 Å². The van der Waals surface area contributed by atoms with Crippen molar-refractivity contribution in [3.8, 4) is 17.6 Å². The van der Waals surface area contributed by atoms with E-state index < -0.39 is 11.9 Å². The van der Waals surface area contributed by atoms with Gasteiger partial charge in [0.2, 0.25) is 6.79 Å². The van der Waals surface area contributed by atoms with Gasteiger partial charge < -0.3 is 14.2 Å². The summed E-state index contributed by atoms with van der Waals surface area (Å²) in [6.45, 7) is 2.16. The first-order chi connectivity index (χ1) is 12.2. The van der Waals surface area contributed by atoms with Crippen LogP contribution < -0.4 is 9.47 Å². The monoisotopic (exact) mass is 337 g/mol. The van der Waals surface area contributed by atoms with E-state index >= 15 is 0 Å². The van der Waals surface area contributed by atoms with Crippen molar-refractivity contribution in [3.63, 3.8) is 0 Å². The summed E-state index contributed by atoms with van der Waals surface area (Å²) in [5, 5.41) is 9.62. The average molecular weight is 337 g/mol. The Morgan fingerprint density at radius 3 is 2.68 bits per heavy atom. The molecule has 0 saturated carbocycles. The molecule has 2 aromatic rings. The second-order valence-electron chi connectivity index (χ2n) is 5.77. The van der Waals surface area contributed by atoms with Gasteiger partial charge in [-0.15, -0.1) is 0 Å². The van der Waals surface area contributed by atoms with Crippen molar-refractivity contribution in [2.75, 3.05) is 13.4 Å². The van der Waals surface area contributed by atoms with Crippen LogP contribution in [0.2, 0.25) is 0 Å². The van der Waals surface area contributed by atoms with Gasteiger partial charge in [0.1, 0.15) is 0 Å². The number of hydrogen-bond donors (Lipinski definition) is 0. The molecule has 0 unspecified atom stereocenters. The van der Waals surface area contributed by atoms with Gasteiger partial charge in [-0.05, 0) is 36.6 Å². The molecule has 128 valence electrons. The highest BCUT2D eigenvalue weighted by Gasteiger charge is 2.32. The first-order valence-corrected chi connectivity index (χ1v) is 8.22. The van der Waals surface area contributed by atoms with Gasteiger partial charge in [0.25, 0.3) is 0 Å². The first-order valence-electron chi connectivity index (χ1n) is 8.22. The lowest BCUT2D eigenvalue weighted by Gasteiger charge is -2.22. The van der Waals surface area contributed by atoms with E-state index in [2.05, 4.69) is 6.07 Å². The molecule has 25 heavy (non-hydrogen) atoms. The fourth-order valence-corrected chi connectivity index (χ4v) is 2.98. The Labute approximate surface area is 146 Å². The number of carbonyl (C=O) groups excluding carboxylic acids is 1. The molecule has 0 aliphatic carbocycles. The fourth-order valence-electron chi connectivity index (χ4n) is 2.98. The molecule has 2 atom stereocenters. The smallest absolute Gasteiger partial charge is 0.323 e. The van der Waals surface area contributed by atoms with Gasteiger partial charge >= 0.3 is 5.97 Å². The Morgan fingerprint density at radius 1 is 1.20 bits per heavy atom. The maximum atomic E-state index is 12.3. The van der Waals surface area contributed by atoms with Crippen LogP contribution in [0, 0.1) is 17.2 Å². The quantitative estimate of drug-likeness (QED) is 0.755. The van der Waals surface area contributed by atoms with Crippen LogP contribution >= 0.6 is 0 Å². The predicted octanol–water partition coefficient (Wildman–Crippen LogP) is 3.44. The van der Waals surface area contributed by atoms with Gasteiger partial charge in [0, 0.05) is 5.92 Å². The number of hydrogen-bond acceptors (Lipinski definition) is 5. The van der Waals surface area contributed by atoms with Crippen molar-refractivity contribution in [2.24, 2.45) is 5.92 Å². The van der Waals surface area contributed by atoms with Gasteiger partial charge in [-0.2, -0.15) is 5.26 Å². The summed E-state index contributed by atoms with van der Waals surface area (Å²) in [5.74, 6) is -0.409. The zero-order chi connectivity index (χ0) is 17.6. The van der Waals surface area contributed by atoms with Crippen LogP contribution in [0.5, 0.6) is 11.5 Å². The van der Waals surface area contributed by atoms with Gasteiger partial charge in [0.15, 0.2) is 17.4 Å². The maximum Gasteiger partial charge on any atom is 0.323 e. The van der Waals surface area contributed by atoms with Crippen LogP contribution in [0.3, 0.4) is 0 Å². The number of nitriles is 1. The third kappa shape index (κ3) is 3.74. The molecule has 0 radical (unpaired) electrons. The summed E-state index contributed by atoms with van der Waals surface area (Å²) in [6, 6.07) is 17.5. The van der Waals surface area contributed by atoms with Crippen molar-refractivity contribution >= 4 is 5.97 Å². The second-order valence-corrected chi connectivity index (χ2v) is 5.77. The molecule has 1 aliphatic heterocycles. The normalized spacial score (nSPS) is 14.4. The van der Waals surface area contributed by atoms with Crippen LogP contribution in [0.1, 0.15) is 24.0 Å². The van der Waals surface area contributed by atoms with E-state index in [1.54, 1.807) is 6.92 Å². The number of rotatable bonds is 6. The lowest BCUT2D eigenvalue weighted by atomic mass is 9.82. The van der Waals surface area contributed by atoms with Gasteiger partial charge in [0.05, 0.1) is 12.7 Å². The van der Waals surface area contributed by atoms with E-state index in [0.29, 0.717) is 17.9 Å². The van der Waals surface area contributed by atoms with Gasteiger partial charge in [-0.1, -0.05) is 36.4 Å². The largest absolute Gasteiger partial charge is 0.465 e. The standard InChI is InChI=1S/C20H19NO4/c1-2-23-20(22)17(12-21)16(10-14-6-4-3-5-7-14)15-8-9-18-19(11-15)25-13-24-18/h3-9,11,16-17H,2,10,13H2,1H3/t16-,17+/m0/s1. The van der Waals surface area contributed by atoms with E-state index in [-0.39, 0.29) is 19.3 Å². The molecule has 0 aromatic heterocycles. The topological polar surface area (TPSA) is 68.6 Å². The Bertz CT molecular complexity index is 782. The third-order valence-corrected chi connectivity index (χ3v) is 4.21. The first kappa shape index (κ1) is 16.8. The predicted molar refractivity (Wildman–Crippen MR) is 91.2 cm³/mol.